The second-order valence-corrected chi connectivity index (χ2v) is 16.7. The summed E-state index contributed by atoms with van der Waals surface area (Å²) in [6, 6.07) is -7.26. The molecule has 0 aliphatic carbocycles. The Balaban J connectivity index is 1.81. The van der Waals surface area contributed by atoms with Crippen LogP contribution >= 0.6 is 12.3 Å². The molecule has 0 radical (unpaired) electrons. The predicted molar refractivity (Wildman–Crippen MR) is 227 cm³/mol. The smallest absolute Gasteiger partial charge is 0.407 e. The van der Waals surface area contributed by atoms with E-state index in [1.54, 1.807) is 0 Å². The zero-order valence-electron chi connectivity index (χ0n) is 36.3. The lowest BCUT2D eigenvalue weighted by Crippen LogP contribution is -2.64. The molecule has 3 heterocycles. The lowest BCUT2D eigenvalue weighted by Gasteiger charge is -2.34. The van der Waals surface area contributed by atoms with Crippen molar-refractivity contribution in [2.75, 3.05) is 32.8 Å². The van der Waals surface area contributed by atoms with Gasteiger partial charge in [0.2, 0.25) is 35.4 Å². The summed E-state index contributed by atoms with van der Waals surface area (Å²) in [4.78, 5) is 98.1. The van der Waals surface area contributed by atoms with Gasteiger partial charge in [-0.1, -0.05) is 35.0 Å². The summed E-state index contributed by atoms with van der Waals surface area (Å²) < 4.78 is 14.1. The van der Waals surface area contributed by atoms with E-state index in [0.717, 1.165) is 28.9 Å². The number of nitrogens with two attached hydrogens (primary N) is 1. The number of nitrogens with zero attached hydrogens (tertiary/aromatic N) is 2. The third-order valence-electron chi connectivity index (χ3n) is 11.2. The average Bonchev–Trinajstić information content (AvgIpc) is 3.82. The monoisotopic (exact) mass is 974 g/mol. The quantitative estimate of drug-likeness (QED) is 0.0272. The van der Waals surface area contributed by atoms with Crippen molar-refractivity contribution >= 4 is 53.9 Å². The largest absolute Gasteiger partial charge is 0.504 e. The summed E-state index contributed by atoms with van der Waals surface area (Å²) >= 11 is 0.0744. The molecule has 3 aliphatic heterocycles. The van der Waals surface area contributed by atoms with Crippen molar-refractivity contribution in [1.29, 1.82) is 0 Å². The van der Waals surface area contributed by atoms with Crippen LogP contribution in [0, 0.1) is 5.92 Å². The molecule has 7 amide bonds. The minimum absolute atomic E-state index is 0.0744. The van der Waals surface area contributed by atoms with Crippen molar-refractivity contribution in [3.05, 3.63) is 36.4 Å². The van der Waals surface area contributed by atoms with E-state index in [0.29, 0.717) is 0 Å². The van der Waals surface area contributed by atoms with Gasteiger partial charge >= 0.3 is 6.09 Å². The molecule has 3 aliphatic rings. The highest BCUT2D eigenvalue weighted by atomic mass is 32.2. The number of phenolic OH excluding ortho intramolecular Hbond substituents is 1. The number of amides is 7. The van der Waals surface area contributed by atoms with Gasteiger partial charge in [-0.2, -0.15) is 0 Å². The first-order chi connectivity index (χ1) is 31.7. The third-order valence-corrected chi connectivity index (χ3v) is 11.5. The molecule has 1 aromatic carbocycles. The summed E-state index contributed by atoms with van der Waals surface area (Å²) in [5.74, 6) is -8.35. The van der Waals surface area contributed by atoms with Crippen molar-refractivity contribution in [1.82, 2.24) is 36.4 Å². The van der Waals surface area contributed by atoms with E-state index in [1.807, 2.05) is 0 Å². The van der Waals surface area contributed by atoms with Gasteiger partial charge in [-0.3, -0.25) is 28.8 Å². The third kappa shape index (κ3) is 14.5. The first kappa shape index (κ1) is 54.2. The highest BCUT2D eigenvalue weighted by molar-refractivity contribution is 7.90. The maximum Gasteiger partial charge on any atom is 0.407 e. The van der Waals surface area contributed by atoms with Crippen LogP contribution < -0.4 is 36.5 Å². The van der Waals surface area contributed by atoms with Crippen LogP contribution in [0.2, 0.25) is 0 Å². The number of β-amino-alcohol motifs (C(OH)–C–C–N with tert-alkyl or cyclic N) is 1. The fraction of sp³-hybridized carbons (Fsp3) is 0.615. The molecular weight excluding hydrogens is 917 g/mol. The van der Waals surface area contributed by atoms with Crippen LogP contribution in [0.4, 0.5) is 4.79 Å². The number of carbonyl (C=O) groups excluding carboxylic acids is 7. The number of aromatic hydroxyl groups is 1. The Morgan fingerprint density at radius 1 is 0.925 bits per heavy atom. The number of aliphatic hydroxyl groups excluding tert-OH is 6. The van der Waals surface area contributed by atoms with Crippen LogP contribution in [-0.2, 0) is 49.3 Å². The van der Waals surface area contributed by atoms with Crippen LogP contribution in [0.15, 0.2) is 30.9 Å². The number of fused-ring (bicyclic) bond motifs is 2. The number of alkyl carbamates (subject to hydrolysis) is 1. The van der Waals surface area contributed by atoms with E-state index in [-0.39, 0.29) is 43.3 Å². The summed E-state index contributed by atoms with van der Waals surface area (Å²) in [7, 11) is 0. The molecule has 3 fully saturated rings. The predicted octanol–water partition coefficient (Wildman–Crippen LogP) is -5.47. The summed E-state index contributed by atoms with van der Waals surface area (Å²) in [5, 5.41) is 100. The van der Waals surface area contributed by atoms with Gasteiger partial charge in [0.15, 0.2) is 11.5 Å². The first-order valence-corrected chi connectivity index (χ1v) is 21.6. The van der Waals surface area contributed by atoms with Gasteiger partial charge in [0.05, 0.1) is 42.7 Å². The number of nitrogens with one attached hydrogen (secondary N) is 5. The van der Waals surface area contributed by atoms with Gasteiger partial charge < -0.3 is 86.8 Å². The summed E-state index contributed by atoms with van der Waals surface area (Å²) in [6.07, 6.45) is -11.6. The molecule has 15 N–H and O–H groups in total. The molecule has 27 nitrogen and oxygen atoms in total. The molecule has 0 unspecified atom stereocenters. The standard InChI is InChI=1S/C39H58N8O19S/c1-4-9-63-39(61)41-8-7-25(52)30-38(60)47-15-17(2)32(54)31(47)36(58)42-14-20(49)12-22(40)33(55)43-28(18(3)48)37(59)46-16-21(50)13-23(46)34(56)44-29(35(57)45-30)26(53)10-19-5-6-24(51)27(11-19)64-67-66-65-62/h4-6,11,17-18,20-23,25-26,28-32,48-54,62H,1,7-10,12-16,40H2,2-3H3,(H,41,61)(H,42,58)(H,43,55)(H,44,56)(H,45,57)/t17-,18-,20+,21-,22+,23+,25-,26-,28+,29+,30+,31+,32+/m1/s1. The molecule has 1 aromatic rings. The van der Waals surface area contributed by atoms with Crippen molar-refractivity contribution < 1.29 is 92.9 Å². The van der Waals surface area contributed by atoms with Crippen LogP contribution in [0.25, 0.3) is 0 Å². The Morgan fingerprint density at radius 3 is 2.27 bits per heavy atom. The number of hydrogen-bond acceptors (Lipinski definition) is 21. The minimum atomic E-state index is -2.11. The van der Waals surface area contributed by atoms with E-state index in [4.69, 9.17) is 19.9 Å². The SMILES string of the molecule is C=CCOC(=O)NCC[C@@H](O)[C@@H]1NC(=O)[C@H]([C@H](O)Cc2ccc(O)c(OSOOO)c2)NC(=O)[C@@H]2C[C@@H](O)CN2C(=O)[C@H]([C@@H](C)O)NC(=O)[C@@H](N)C[C@H](O)CNC(=O)[C@@H]2[C@@H](O)[C@H](C)CN2C1=O. The number of hydrogen-bond donors (Lipinski definition) is 14. The van der Waals surface area contributed by atoms with Crippen molar-refractivity contribution in [2.45, 2.75) is 112 Å². The molecule has 3 saturated heterocycles. The van der Waals surface area contributed by atoms with E-state index in [9.17, 15) is 69.3 Å². The zero-order chi connectivity index (χ0) is 49.7. The second kappa shape index (κ2) is 25.1. The number of aliphatic hydroxyl groups is 6. The van der Waals surface area contributed by atoms with Gasteiger partial charge in [-0.25, -0.2) is 10.1 Å². The lowest BCUT2D eigenvalue weighted by atomic mass is 9.98. The van der Waals surface area contributed by atoms with Gasteiger partial charge in [-0.05, 0) is 37.5 Å². The number of rotatable bonds is 14. The Labute approximate surface area is 387 Å². The molecule has 0 spiro atoms. The maximum absolute atomic E-state index is 14.6. The topological polar surface area (TPSA) is 411 Å². The van der Waals surface area contributed by atoms with E-state index < -0.39 is 165 Å². The Kier molecular flexibility index (Phi) is 20.3. The molecule has 13 atom stereocenters. The van der Waals surface area contributed by atoms with Crippen LogP contribution in [0.1, 0.15) is 38.7 Å². The van der Waals surface area contributed by atoms with Gasteiger partial charge in [-0.15, -0.1) is 0 Å². The molecule has 0 saturated carbocycles. The van der Waals surface area contributed by atoms with Crippen molar-refractivity contribution in [3.63, 3.8) is 0 Å². The van der Waals surface area contributed by atoms with Gasteiger partial charge in [0, 0.05) is 44.9 Å². The van der Waals surface area contributed by atoms with Crippen molar-refractivity contribution in [3.8, 4) is 11.5 Å². The normalized spacial score (nSPS) is 29.5. The van der Waals surface area contributed by atoms with Crippen LogP contribution in [-0.4, -0.2) is 198 Å². The second-order valence-electron chi connectivity index (χ2n) is 16.3. The molecule has 4 rings (SSSR count). The summed E-state index contributed by atoms with van der Waals surface area (Å²) in [6.45, 7) is 4.13. The number of benzene rings is 1. The van der Waals surface area contributed by atoms with Crippen molar-refractivity contribution in [2.24, 2.45) is 11.7 Å². The highest BCUT2D eigenvalue weighted by Crippen LogP contribution is 2.31. The molecule has 0 aromatic heterocycles. The fourth-order valence-corrected chi connectivity index (χ4v) is 7.93. The first-order valence-electron chi connectivity index (χ1n) is 21.0. The molecular formula is C39H58N8O19S. The molecule has 67 heavy (non-hydrogen) atoms. The number of phenols is 1. The Bertz CT molecular complexity index is 1940. The fourth-order valence-electron chi connectivity index (χ4n) is 7.67. The Morgan fingerprint density at radius 2 is 1.60 bits per heavy atom. The molecule has 28 heteroatoms. The highest BCUT2D eigenvalue weighted by Gasteiger charge is 2.49. The average molecular weight is 975 g/mol. The molecule has 374 valence electrons. The number of ether oxygens (including phenoxy) is 1. The van der Waals surface area contributed by atoms with Gasteiger partial charge in [0.1, 0.15) is 36.8 Å². The molecule has 0 bridgehead atoms. The van der Waals surface area contributed by atoms with Crippen LogP contribution in [0.5, 0.6) is 11.5 Å². The van der Waals surface area contributed by atoms with Gasteiger partial charge in [0.25, 0.3) is 12.3 Å². The number of carbonyl (C=O) groups is 7. The minimum Gasteiger partial charge on any atom is -0.504 e. The van der Waals surface area contributed by atoms with E-state index in [1.165, 1.54) is 19.1 Å². The Hall–Kier alpha value is -5.40. The van der Waals surface area contributed by atoms with E-state index >= 15 is 0 Å². The van der Waals surface area contributed by atoms with E-state index in [2.05, 4.69) is 42.5 Å². The zero-order valence-corrected chi connectivity index (χ0v) is 37.2. The summed E-state index contributed by atoms with van der Waals surface area (Å²) in [5.41, 5.74) is 6.16. The maximum atomic E-state index is 14.6. The van der Waals surface area contributed by atoms with Crippen LogP contribution in [0.3, 0.4) is 0 Å². The lowest BCUT2D eigenvalue weighted by molar-refractivity contribution is -0.433.